The topological polar surface area (TPSA) is 32.3 Å². The average Bonchev–Trinajstić information content (AvgIpc) is 2.27. The fourth-order valence-corrected chi connectivity index (χ4v) is 1.70. The summed E-state index contributed by atoms with van der Waals surface area (Å²) < 4.78 is 26.2. The maximum atomic E-state index is 13.3. The molecule has 0 bridgehead atoms. The van der Waals surface area contributed by atoms with Gasteiger partial charge in [-0.05, 0) is 24.6 Å². The number of carbonyl (C=O) groups excluding carboxylic acids is 1. The first-order chi connectivity index (χ1) is 7.66. The maximum Gasteiger partial charge on any atom is 0.317 e. The second-order valence-electron chi connectivity index (χ2n) is 3.74. The van der Waals surface area contributed by atoms with Gasteiger partial charge in [0.05, 0.1) is 6.54 Å². The lowest BCUT2D eigenvalue weighted by atomic mass is 10.2. The standard InChI is InChI=1S/C11H12F2N2O/c12-9-2-3-10(13)8(6-9)7-15-5-1-4-14-11(15)16/h2-3,6H,1,4-5,7H2,(H,14,16). The Kier molecular flexibility index (Phi) is 3.03. The maximum absolute atomic E-state index is 13.3. The van der Waals surface area contributed by atoms with E-state index in [1.165, 1.54) is 4.90 Å². The number of rotatable bonds is 2. The van der Waals surface area contributed by atoms with Crippen LogP contribution in [-0.2, 0) is 6.54 Å². The number of nitrogens with zero attached hydrogens (tertiary/aromatic N) is 1. The summed E-state index contributed by atoms with van der Waals surface area (Å²) in [4.78, 5) is 12.9. The lowest BCUT2D eigenvalue weighted by molar-refractivity contribution is 0.182. The highest BCUT2D eigenvalue weighted by Crippen LogP contribution is 2.13. The van der Waals surface area contributed by atoms with Gasteiger partial charge in [-0.15, -0.1) is 0 Å². The van der Waals surface area contributed by atoms with Crippen molar-refractivity contribution in [2.24, 2.45) is 0 Å². The molecule has 0 saturated carbocycles. The molecule has 1 heterocycles. The Hall–Kier alpha value is -1.65. The third kappa shape index (κ3) is 2.29. The molecule has 0 spiro atoms. The van der Waals surface area contributed by atoms with Crippen LogP contribution in [0.3, 0.4) is 0 Å². The molecule has 1 aromatic rings. The van der Waals surface area contributed by atoms with Crippen molar-refractivity contribution in [3.63, 3.8) is 0 Å². The van der Waals surface area contributed by atoms with Crippen LogP contribution < -0.4 is 5.32 Å². The molecule has 2 rings (SSSR count). The van der Waals surface area contributed by atoms with Crippen molar-refractivity contribution in [2.45, 2.75) is 13.0 Å². The summed E-state index contributed by atoms with van der Waals surface area (Å²) in [7, 11) is 0. The lowest BCUT2D eigenvalue weighted by Crippen LogP contribution is -2.45. The Bertz CT molecular complexity index is 409. The number of nitrogens with one attached hydrogen (secondary N) is 1. The molecule has 1 aromatic carbocycles. The molecular formula is C11H12F2N2O. The molecule has 0 aromatic heterocycles. The fraction of sp³-hybridized carbons (Fsp3) is 0.364. The van der Waals surface area contributed by atoms with E-state index in [2.05, 4.69) is 5.32 Å². The van der Waals surface area contributed by atoms with Crippen molar-refractivity contribution in [3.8, 4) is 0 Å². The zero-order valence-electron chi connectivity index (χ0n) is 8.67. The van der Waals surface area contributed by atoms with Gasteiger partial charge in [-0.1, -0.05) is 0 Å². The summed E-state index contributed by atoms with van der Waals surface area (Å²) in [5.74, 6) is -0.978. The number of carbonyl (C=O) groups is 1. The van der Waals surface area contributed by atoms with Crippen LogP contribution in [-0.4, -0.2) is 24.0 Å². The summed E-state index contributed by atoms with van der Waals surface area (Å²) in [6.07, 6.45) is 0.822. The summed E-state index contributed by atoms with van der Waals surface area (Å²) in [6, 6.07) is 3.04. The predicted octanol–water partition coefficient (Wildman–Crippen LogP) is 1.88. The van der Waals surface area contributed by atoms with Gasteiger partial charge < -0.3 is 10.2 Å². The summed E-state index contributed by atoms with van der Waals surface area (Å²) in [6.45, 7) is 1.32. The van der Waals surface area contributed by atoms with Gasteiger partial charge in [-0.25, -0.2) is 13.6 Å². The van der Waals surface area contributed by atoms with Crippen LogP contribution in [0.2, 0.25) is 0 Å². The van der Waals surface area contributed by atoms with Crippen molar-refractivity contribution in [3.05, 3.63) is 35.4 Å². The second kappa shape index (κ2) is 4.47. The molecule has 0 radical (unpaired) electrons. The SMILES string of the molecule is O=C1NCCCN1Cc1cc(F)ccc1F. The van der Waals surface area contributed by atoms with Gasteiger partial charge in [0.25, 0.3) is 0 Å². The summed E-state index contributed by atoms with van der Waals surface area (Å²) in [5.41, 5.74) is 0.206. The van der Waals surface area contributed by atoms with Gasteiger partial charge in [0, 0.05) is 18.7 Å². The van der Waals surface area contributed by atoms with Gasteiger partial charge >= 0.3 is 6.03 Å². The molecule has 0 unspecified atom stereocenters. The predicted molar refractivity (Wildman–Crippen MR) is 54.8 cm³/mol. The highest BCUT2D eigenvalue weighted by Gasteiger charge is 2.18. The van der Waals surface area contributed by atoms with Crippen LogP contribution >= 0.6 is 0 Å². The molecule has 0 aliphatic carbocycles. The van der Waals surface area contributed by atoms with E-state index in [1.54, 1.807) is 0 Å². The van der Waals surface area contributed by atoms with Crippen molar-refractivity contribution >= 4 is 6.03 Å². The van der Waals surface area contributed by atoms with E-state index in [-0.39, 0.29) is 18.1 Å². The van der Waals surface area contributed by atoms with E-state index < -0.39 is 11.6 Å². The van der Waals surface area contributed by atoms with Crippen molar-refractivity contribution < 1.29 is 13.6 Å². The molecule has 3 nitrogen and oxygen atoms in total. The first-order valence-corrected chi connectivity index (χ1v) is 5.13. The zero-order chi connectivity index (χ0) is 11.5. The number of amides is 2. The number of halogens is 2. The van der Waals surface area contributed by atoms with Crippen molar-refractivity contribution in [1.82, 2.24) is 10.2 Å². The molecule has 1 aliphatic heterocycles. The third-order valence-corrected chi connectivity index (χ3v) is 2.54. The van der Waals surface area contributed by atoms with Crippen LogP contribution in [0.25, 0.3) is 0 Å². The average molecular weight is 226 g/mol. The Labute approximate surface area is 92.1 Å². The van der Waals surface area contributed by atoms with E-state index >= 15 is 0 Å². The smallest absolute Gasteiger partial charge is 0.317 e. The highest BCUT2D eigenvalue weighted by atomic mass is 19.1. The van der Waals surface area contributed by atoms with Crippen LogP contribution in [0.1, 0.15) is 12.0 Å². The fourth-order valence-electron chi connectivity index (χ4n) is 1.70. The van der Waals surface area contributed by atoms with Crippen LogP contribution in [0.15, 0.2) is 18.2 Å². The first kappa shape index (κ1) is 10.9. The van der Waals surface area contributed by atoms with E-state index in [0.29, 0.717) is 13.1 Å². The van der Waals surface area contributed by atoms with E-state index in [1.807, 2.05) is 0 Å². The minimum atomic E-state index is -0.492. The second-order valence-corrected chi connectivity index (χ2v) is 3.74. The van der Waals surface area contributed by atoms with Gasteiger partial charge in [-0.2, -0.15) is 0 Å². The third-order valence-electron chi connectivity index (χ3n) is 2.54. The van der Waals surface area contributed by atoms with Gasteiger partial charge in [-0.3, -0.25) is 0 Å². The molecule has 0 atom stereocenters. The molecule has 1 aliphatic rings. The monoisotopic (exact) mass is 226 g/mol. The van der Waals surface area contributed by atoms with Crippen molar-refractivity contribution in [2.75, 3.05) is 13.1 Å². The van der Waals surface area contributed by atoms with Gasteiger partial charge in [0.2, 0.25) is 0 Å². The molecule has 1 fully saturated rings. The minimum absolute atomic E-state index is 0.107. The summed E-state index contributed by atoms with van der Waals surface area (Å²) >= 11 is 0. The molecule has 1 saturated heterocycles. The van der Waals surface area contributed by atoms with Gasteiger partial charge in [0.15, 0.2) is 0 Å². The summed E-state index contributed by atoms with van der Waals surface area (Å²) in [5, 5.41) is 2.66. The van der Waals surface area contributed by atoms with Crippen LogP contribution in [0.5, 0.6) is 0 Å². The minimum Gasteiger partial charge on any atom is -0.338 e. The number of benzene rings is 1. The molecule has 5 heteroatoms. The van der Waals surface area contributed by atoms with Crippen molar-refractivity contribution in [1.29, 1.82) is 0 Å². The zero-order valence-corrected chi connectivity index (χ0v) is 8.67. The normalized spacial score (nSPS) is 16.1. The number of hydrogen-bond donors (Lipinski definition) is 1. The Morgan fingerprint density at radius 1 is 1.38 bits per heavy atom. The quantitative estimate of drug-likeness (QED) is 0.820. The molecule has 2 amide bonds. The molecule has 1 N–H and O–H groups in total. The van der Waals surface area contributed by atoms with E-state index in [4.69, 9.17) is 0 Å². The van der Waals surface area contributed by atoms with E-state index in [0.717, 1.165) is 24.6 Å². The highest BCUT2D eigenvalue weighted by molar-refractivity contribution is 5.74. The Morgan fingerprint density at radius 2 is 2.19 bits per heavy atom. The lowest BCUT2D eigenvalue weighted by Gasteiger charge is -2.27. The van der Waals surface area contributed by atoms with Crippen LogP contribution in [0.4, 0.5) is 13.6 Å². The largest absolute Gasteiger partial charge is 0.338 e. The van der Waals surface area contributed by atoms with Gasteiger partial charge in [0.1, 0.15) is 11.6 Å². The molecule has 86 valence electrons. The molecule has 16 heavy (non-hydrogen) atoms. The molecular weight excluding hydrogens is 214 g/mol. The Morgan fingerprint density at radius 3 is 2.94 bits per heavy atom. The van der Waals surface area contributed by atoms with E-state index in [9.17, 15) is 13.6 Å². The Balaban J connectivity index is 2.13. The van der Waals surface area contributed by atoms with Crippen LogP contribution in [0, 0.1) is 11.6 Å². The first-order valence-electron chi connectivity index (χ1n) is 5.13. The number of hydrogen-bond acceptors (Lipinski definition) is 1. The number of urea groups is 1.